The second-order valence-corrected chi connectivity index (χ2v) is 6.18. The van der Waals surface area contributed by atoms with Crippen molar-refractivity contribution in [2.75, 3.05) is 0 Å². The van der Waals surface area contributed by atoms with E-state index in [0.717, 1.165) is 0 Å². The average Bonchev–Trinajstić information content (AvgIpc) is 2.74. The third kappa shape index (κ3) is 1.99. The van der Waals surface area contributed by atoms with Gasteiger partial charge in [-0.2, -0.15) is 0 Å². The lowest BCUT2D eigenvalue weighted by Gasteiger charge is -2.20. The first-order chi connectivity index (χ1) is 8.29. The van der Waals surface area contributed by atoms with Gasteiger partial charge >= 0.3 is 0 Å². The number of hydrogen-bond donors (Lipinski definition) is 0. The van der Waals surface area contributed by atoms with Crippen molar-refractivity contribution in [3.8, 4) is 0 Å². The highest BCUT2D eigenvalue weighted by Crippen LogP contribution is 2.39. The molecule has 0 amide bonds. The van der Waals surface area contributed by atoms with Gasteiger partial charge in [0, 0.05) is 4.47 Å². The molecule has 0 N–H and O–H groups in total. The summed E-state index contributed by atoms with van der Waals surface area (Å²) in [4.78, 5) is 0. The van der Waals surface area contributed by atoms with Gasteiger partial charge < -0.3 is 0 Å². The zero-order valence-corrected chi connectivity index (χ0v) is 12.1. The topological polar surface area (TPSA) is 0 Å². The number of halogens is 1. The SMILES string of the molecule is CCCC1=Cc2c(c(Br)cc3c2CCCC3)C1. The maximum absolute atomic E-state index is 3.77. The van der Waals surface area contributed by atoms with Gasteiger partial charge in [-0.3, -0.25) is 0 Å². The number of benzene rings is 1. The molecule has 0 aliphatic heterocycles. The first-order valence-corrected chi connectivity index (χ1v) is 7.61. The van der Waals surface area contributed by atoms with Crippen molar-refractivity contribution in [1.29, 1.82) is 0 Å². The molecular formula is C16H19Br. The van der Waals surface area contributed by atoms with E-state index < -0.39 is 0 Å². The fourth-order valence-corrected chi connectivity index (χ4v) is 3.89. The summed E-state index contributed by atoms with van der Waals surface area (Å²) < 4.78 is 1.34. The number of aryl methyl sites for hydroxylation is 1. The van der Waals surface area contributed by atoms with Crippen molar-refractivity contribution in [3.05, 3.63) is 38.4 Å². The Bertz CT molecular complexity index is 483. The molecule has 2 aliphatic rings. The number of rotatable bonds is 2. The van der Waals surface area contributed by atoms with E-state index in [-0.39, 0.29) is 0 Å². The Morgan fingerprint density at radius 3 is 2.82 bits per heavy atom. The smallest absolute Gasteiger partial charge is 0.0219 e. The normalized spacial score (nSPS) is 17.6. The molecule has 90 valence electrons. The van der Waals surface area contributed by atoms with Crippen LogP contribution in [-0.2, 0) is 19.3 Å². The summed E-state index contributed by atoms with van der Waals surface area (Å²) in [5, 5.41) is 0. The Morgan fingerprint density at radius 1 is 1.18 bits per heavy atom. The highest BCUT2D eigenvalue weighted by atomic mass is 79.9. The molecule has 1 heteroatoms. The fraction of sp³-hybridized carbons (Fsp3) is 0.500. The molecule has 0 radical (unpaired) electrons. The molecule has 0 unspecified atom stereocenters. The van der Waals surface area contributed by atoms with Crippen LogP contribution in [0.2, 0.25) is 0 Å². The first kappa shape index (κ1) is 11.5. The van der Waals surface area contributed by atoms with Crippen LogP contribution in [-0.4, -0.2) is 0 Å². The third-order valence-electron chi connectivity index (χ3n) is 4.07. The molecule has 1 aromatic carbocycles. The largest absolute Gasteiger partial charge is 0.0652 e. The number of hydrogen-bond acceptors (Lipinski definition) is 0. The van der Waals surface area contributed by atoms with Crippen LogP contribution in [0.25, 0.3) is 6.08 Å². The summed E-state index contributed by atoms with van der Waals surface area (Å²) in [5.41, 5.74) is 7.99. The van der Waals surface area contributed by atoms with Gasteiger partial charge in [-0.15, -0.1) is 0 Å². The van der Waals surface area contributed by atoms with Crippen LogP contribution in [0, 0.1) is 0 Å². The summed E-state index contributed by atoms with van der Waals surface area (Å²) in [6, 6.07) is 2.38. The van der Waals surface area contributed by atoms with E-state index in [9.17, 15) is 0 Å². The Labute approximate surface area is 112 Å². The van der Waals surface area contributed by atoms with Gasteiger partial charge in [-0.25, -0.2) is 0 Å². The molecule has 1 aromatic rings. The van der Waals surface area contributed by atoms with E-state index >= 15 is 0 Å². The zero-order chi connectivity index (χ0) is 11.8. The zero-order valence-electron chi connectivity index (χ0n) is 10.5. The minimum atomic E-state index is 1.18. The van der Waals surface area contributed by atoms with Crippen molar-refractivity contribution in [2.24, 2.45) is 0 Å². The van der Waals surface area contributed by atoms with Gasteiger partial charge in [0.05, 0.1) is 0 Å². The maximum Gasteiger partial charge on any atom is 0.0219 e. The molecule has 0 fully saturated rings. The van der Waals surface area contributed by atoms with E-state index in [1.165, 1.54) is 49.4 Å². The van der Waals surface area contributed by atoms with Crippen molar-refractivity contribution < 1.29 is 0 Å². The average molecular weight is 291 g/mol. The Balaban J connectivity index is 2.08. The van der Waals surface area contributed by atoms with Gasteiger partial charge in [0.15, 0.2) is 0 Å². The standard InChI is InChI=1S/C16H19Br/c1-2-5-11-8-14-13-7-4-3-6-12(13)10-16(17)15(14)9-11/h8,10H,2-7,9H2,1H3. The minimum Gasteiger partial charge on any atom is -0.0652 e. The molecule has 0 spiro atoms. The van der Waals surface area contributed by atoms with Gasteiger partial charge in [0.25, 0.3) is 0 Å². The Kier molecular flexibility index (Phi) is 3.12. The predicted molar refractivity (Wildman–Crippen MR) is 77.4 cm³/mol. The monoisotopic (exact) mass is 290 g/mol. The predicted octanol–water partition coefficient (Wildman–Crippen LogP) is 5.07. The van der Waals surface area contributed by atoms with Gasteiger partial charge in [-0.1, -0.05) is 40.9 Å². The van der Waals surface area contributed by atoms with Crippen LogP contribution >= 0.6 is 15.9 Å². The lowest BCUT2D eigenvalue weighted by molar-refractivity contribution is 0.683. The van der Waals surface area contributed by atoms with Crippen LogP contribution in [0.5, 0.6) is 0 Å². The molecule has 0 heterocycles. The lowest BCUT2D eigenvalue weighted by atomic mass is 9.87. The van der Waals surface area contributed by atoms with Crippen molar-refractivity contribution >= 4 is 22.0 Å². The van der Waals surface area contributed by atoms with Crippen LogP contribution in [0.15, 0.2) is 16.1 Å². The van der Waals surface area contributed by atoms with Crippen LogP contribution in [0.1, 0.15) is 54.9 Å². The molecule has 0 bridgehead atoms. The van der Waals surface area contributed by atoms with Crippen molar-refractivity contribution in [1.82, 2.24) is 0 Å². The van der Waals surface area contributed by atoms with Gasteiger partial charge in [-0.05, 0) is 66.8 Å². The molecule has 2 aliphatic carbocycles. The summed E-state index contributed by atoms with van der Waals surface area (Å²) in [5.74, 6) is 0. The van der Waals surface area contributed by atoms with E-state index in [1.54, 1.807) is 27.8 Å². The molecular weight excluding hydrogens is 272 g/mol. The van der Waals surface area contributed by atoms with Crippen molar-refractivity contribution in [3.63, 3.8) is 0 Å². The van der Waals surface area contributed by atoms with Gasteiger partial charge in [0.2, 0.25) is 0 Å². The van der Waals surface area contributed by atoms with Crippen LogP contribution < -0.4 is 0 Å². The minimum absolute atomic E-state index is 1.18. The van der Waals surface area contributed by atoms with Crippen LogP contribution in [0.4, 0.5) is 0 Å². The maximum atomic E-state index is 3.77. The molecule has 0 saturated carbocycles. The molecule has 0 atom stereocenters. The van der Waals surface area contributed by atoms with E-state index in [4.69, 9.17) is 0 Å². The Hall–Kier alpha value is -0.560. The second kappa shape index (κ2) is 4.61. The second-order valence-electron chi connectivity index (χ2n) is 5.32. The highest BCUT2D eigenvalue weighted by Gasteiger charge is 2.22. The summed E-state index contributed by atoms with van der Waals surface area (Å²) in [6.45, 7) is 2.27. The summed E-state index contributed by atoms with van der Waals surface area (Å²) >= 11 is 3.77. The lowest BCUT2D eigenvalue weighted by Crippen LogP contribution is -2.06. The molecule has 0 aromatic heterocycles. The Morgan fingerprint density at radius 2 is 2.00 bits per heavy atom. The number of allylic oxidation sites excluding steroid dienone is 1. The molecule has 0 saturated heterocycles. The third-order valence-corrected chi connectivity index (χ3v) is 4.78. The summed E-state index contributed by atoms with van der Waals surface area (Å²) in [6.07, 6.45) is 11.5. The molecule has 0 nitrogen and oxygen atoms in total. The first-order valence-electron chi connectivity index (χ1n) is 6.82. The van der Waals surface area contributed by atoms with Gasteiger partial charge in [0.1, 0.15) is 0 Å². The van der Waals surface area contributed by atoms with Crippen molar-refractivity contribution in [2.45, 2.75) is 51.9 Å². The quantitative estimate of drug-likeness (QED) is 0.714. The fourth-order valence-electron chi connectivity index (χ4n) is 3.26. The van der Waals surface area contributed by atoms with E-state index in [0.29, 0.717) is 0 Å². The number of fused-ring (bicyclic) bond motifs is 3. The van der Waals surface area contributed by atoms with Crippen LogP contribution in [0.3, 0.4) is 0 Å². The van der Waals surface area contributed by atoms with E-state index in [1.807, 2.05) is 0 Å². The van der Waals surface area contributed by atoms with E-state index in [2.05, 4.69) is 35.0 Å². The molecule has 17 heavy (non-hydrogen) atoms. The summed E-state index contributed by atoms with van der Waals surface area (Å²) in [7, 11) is 0. The highest BCUT2D eigenvalue weighted by molar-refractivity contribution is 9.10. The molecule has 3 rings (SSSR count).